The molecule has 3 rings (SSSR count). The minimum atomic E-state index is 0.663. The van der Waals surface area contributed by atoms with Crippen LogP contribution in [0.1, 0.15) is 50.4 Å². The van der Waals surface area contributed by atoms with Gasteiger partial charge in [0.05, 0.1) is 6.54 Å². The van der Waals surface area contributed by atoms with Gasteiger partial charge in [-0.2, -0.15) is 0 Å². The molecule has 0 radical (unpaired) electrons. The van der Waals surface area contributed by atoms with E-state index < -0.39 is 0 Å². The normalized spacial score (nSPS) is 22.4. The van der Waals surface area contributed by atoms with E-state index in [1.54, 1.807) is 0 Å². The van der Waals surface area contributed by atoms with E-state index in [1.165, 1.54) is 38.5 Å². The molecule has 0 saturated heterocycles. The van der Waals surface area contributed by atoms with Crippen LogP contribution in [0.5, 0.6) is 0 Å². The van der Waals surface area contributed by atoms with Crippen molar-refractivity contribution in [3.8, 4) is 0 Å². The van der Waals surface area contributed by atoms with Gasteiger partial charge < -0.3 is 9.88 Å². The molecule has 0 amide bonds. The van der Waals surface area contributed by atoms with Gasteiger partial charge in [0.1, 0.15) is 12.2 Å². The molecule has 1 aromatic rings. The van der Waals surface area contributed by atoms with Crippen molar-refractivity contribution in [2.45, 2.75) is 57.2 Å². The molecule has 15 heavy (non-hydrogen) atoms. The monoisotopic (exact) mass is 206 g/mol. The lowest BCUT2D eigenvalue weighted by Crippen LogP contribution is -2.20. The van der Waals surface area contributed by atoms with Gasteiger partial charge in [0.25, 0.3) is 0 Å². The van der Waals surface area contributed by atoms with Crippen molar-refractivity contribution in [1.82, 2.24) is 20.1 Å². The molecule has 2 aliphatic rings. The topological polar surface area (TPSA) is 42.7 Å². The highest BCUT2D eigenvalue weighted by atomic mass is 15.3. The summed E-state index contributed by atoms with van der Waals surface area (Å²) in [6.45, 7) is 0.890. The number of nitrogens with one attached hydrogen (secondary N) is 1. The first kappa shape index (κ1) is 9.33. The Balaban J connectivity index is 1.67. The number of rotatable bonds is 4. The lowest BCUT2D eigenvalue weighted by Gasteiger charge is -2.13. The second-order valence-corrected chi connectivity index (χ2v) is 4.75. The van der Waals surface area contributed by atoms with E-state index in [0.717, 1.165) is 18.4 Å². The Morgan fingerprint density at radius 1 is 1.27 bits per heavy atom. The highest BCUT2D eigenvalue weighted by Crippen LogP contribution is 2.30. The van der Waals surface area contributed by atoms with Crippen molar-refractivity contribution in [1.29, 1.82) is 0 Å². The molecule has 4 nitrogen and oxygen atoms in total. The second kappa shape index (κ2) is 3.93. The van der Waals surface area contributed by atoms with E-state index in [9.17, 15) is 0 Å². The zero-order valence-electron chi connectivity index (χ0n) is 9.02. The molecular formula is C11H18N4. The minimum absolute atomic E-state index is 0.663. The van der Waals surface area contributed by atoms with Gasteiger partial charge in [-0.15, -0.1) is 10.2 Å². The third-order valence-electron chi connectivity index (χ3n) is 3.49. The number of hydrogen-bond acceptors (Lipinski definition) is 3. The van der Waals surface area contributed by atoms with Gasteiger partial charge in [-0.3, -0.25) is 0 Å². The van der Waals surface area contributed by atoms with Gasteiger partial charge >= 0.3 is 0 Å². The second-order valence-electron chi connectivity index (χ2n) is 4.75. The van der Waals surface area contributed by atoms with Crippen LogP contribution in [0.15, 0.2) is 6.33 Å². The van der Waals surface area contributed by atoms with Gasteiger partial charge in [-0.1, -0.05) is 12.8 Å². The Bertz CT molecular complexity index is 323. The standard InChI is InChI=1S/C11H18N4/c1-2-4-10(3-1)15-8-13-14-11(15)7-12-9-5-6-9/h8-10,12H,1-7H2. The van der Waals surface area contributed by atoms with Crippen LogP contribution < -0.4 is 5.32 Å². The smallest absolute Gasteiger partial charge is 0.147 e. The molecule has 1 N–H and O–H groups in total. The van der Waals surface area contributed by atoms with E-state index in [1.807, 2.05) is 6.33 Å². The average molecular weight is 206 g/mol. The number of hydrogen-bond donors (Lipinski definition) is 1. The van der Waals surface area contributed by atoms with Crippen molar-refractivity contribution >= 4 is 0 Å². The van der Waals surface area contributed by atoms with E-state index in [4.69, 9.17) is 0 Å². The third kappa shape index (κ3) is 2.04. The van der Waals surface area contributed by atoms with Gasteiger partial charge in [0.15, 0.2) is 0 Å². The SMILES string of the molecule is c1nnc(CNC2CC2)n1C1CCCC1. The van der Waals surface area contributed by atoms with Crippen LogP contribution in [-0.4, -0.2) is 20.8 Å². The first-order valence-electron chi connectivity index (χ1n) is 6.05. The van der Waals surface area contributed by atoms with Crippen LogP contribution in [0.2, 0.25) is 0 Å². The van der Waals surface area contributed by atoms with Gasteiger partial charge in [0.2, 0.25) is 0 Å². The Hall–Kier alpha value is -0.900. The molecular weight excluding hydrogens is 188 g/mol. The summed E-state index contributed by atoms with van der Waals surface area (Å²) < 4.78 is 2.28. The van der Waals surface area contributed by atoms with Crippen molar-refractivity contribution in [3.05, 3.63) is 12.2 Å². The van der Waals surface area contributed by atoms with Gasteiger partial charge in [-0.25, -0.2) is 0 Å². The van der Waals surface area contributed by atoms with Crippen LogP contribution in [0, 0.1) is 0 Å². The summed E-state index contributed by atoms with van der Waals surface area (Å²) in [6.07, 6.45) is 9.88. The molecule has 2 fully saturated rings. The summed E-state index contributed by atoms with van der Waals surface area (Å²) in [5, 5.41) is 11.7. The van der Waals surface area contributed by atoms with Crippen LogP contribution >= 0.6 is 0 Å². The van der Waals surface area contributed by atoms with E-state index >= 15 is 0 Å². The molecule has 2 aliphatic carbocycles. The summed E-state index contributed by atoms with van der Waals surface area (Å²) in [4.78, 5) is 0. The summed E-state index contributed by atoms with van der Waals surface area (Å²) in [7, 11) is 0. The molecule has 0 unspecified atom stereocenters. The molecule has 0 atom stereocenters. The fourth-order valence-electron chi connectivity index (χ4n) is 2.40. The quantitative estimate of drug-likeness (QED) is 0.814. The van der Waals surface area contributed by atoms with E-state index in [-0.39, 0.29) is 0 Å². The number of aromatic nitrogens is 3. The highest BCUT2D eigenvalue weighted by Gasteiger charge is 2.23. The van der Waals surface area contributed by atoms with E-state index in [0.29, 0.717) is 6.04 Å². The minimum Gasteiger partial charge on any atom is -0.313 e. The van der Waals surface area contributed by atoms with Crippen LogP contribution in [0.25, 0.3) is 0 Å². The summed E-state index contributed by atoms with van der Waals surface area (Å²) >= 11 is 0. The molecule has 82 valence electrons. The first-order valence-corrected chi connectivity index (χ1v) is 6.05. The Labute approximate surface area is 90.1 Å². The van der Waals surface area contributed by atoms with Crippen molar-refractivity contribution < 1.29 is 0 Å². The average Bonchev–Trinajstić information content (AvgIpc) is 2.79. The molecule has 0 bridgehead atoms. The Kier molecular flexibility index (Phi) is 2.44. The van der Waals surface area contributed by atoms with E-state index in [2.05, 4.69) is 20.1 Å². The molecule has 0 aliphatic heterocycles. The maximum absolute atomic E-state index is 4.21. The number of nitrogens with zero attached hydrogens (tertiary/aromatic N) is 3. The molecule has 4 heteroatoms. The molecule has 2 saturated carbocycles. The Morgan fingerprint density at radius 2 is 2.07 bits per heavy atom. The lowest BCUT2D eigenvalue weighted by atomic mass is 10.2. The van der Waals surface area contributed by atoms with Gasteiger partial charge in [0, 0.05) is 12.1 Å². The van der Waals surface area contributed by atoms with Crippen LogP contribution in [0.4, 0.5) is 0 Å². The highest BCUT2D eigenvalue weighted by molar-refractivity contribution is 4.93. The molecule has 0 aromatic carbocycles. The third-order valence-corrected chi connectivity index (χ3v) is 3.49. The summed E-state index contributed by atoms with van der Waals surface area (Å²) in [6, 6.07) is 1.41. The predicted molar refractivity (Wildman–Crippen MR) is 57.4 cm³/mol. The van der Waals surface area contributed by atoms with Gasteiger partial charge in [-0.05, 0) is 25.7 Å². The maximum Gasteiger partial charge on any atom is 0.147 e. The molecule has 0 spiro atoms. The molecule has 1 aromatic heterocycles. The first-order chi connectivity index (χ1) is 7.43. The fraction of sp³-hybridized carbons (Fsp3) is 0.818. The van der Waals surface area contributed by atoms with Crippen molar-refractivity contribution in [2.24, 2.45) is 0 Å². The largest absolute Gasteiger partial charge is 0.313 e. The zero-order valence-corrected chi connectivity index (χ0v) is 9.02. The van der Waals surface area contributed by atoms with Crippen LogP contribution in [-0.2, 0) is 6.54 Å². The lowest BCUT2D eigenvalue weighted by molar-refractivity contribution is 0.484. The summed E-state index contributed by atoms with van der Waals surface area (Å²) in [5.41, 5.74) is 0. The zero-order chi connectivity index (χ0) is 10.1. The van der Waals surface area contributed by atoms with Crippen molar-refractivity contribution in [2.75, 3.05) is 0 Å². The van der Waals surface area contributed by atoms with Crippen molar-refractivity contribution in [3.63, 3.8) is 0 Å². The summed E-state index contributed by atoms with van der Waals surface area (Å²) in [5.74, 6) is 1.12. The fourth-order valence-corrected chi connectivity index (χ4v) is 2.40. The molecule has 1 heterocycles. The predicted octanol–water partition coefficient (Wildman–Crippen LogP) is 1.65. The van der Waals surface area contributed by atoms with Crippen LogP contribution in [0.3, 0.4) is 0 Å². The maximum atomic E-state index is 4.21. The Morgan fingerprint density at radius 3 is 2.80 bits per heavy atom.